The molecule has 0 bridgehead atoms. The van der Waals surface area contributed by atoms with Gasteiger partial charge in [0.25, 0.3) is 0 Å². The largest absolute Gasteiger partial charge is 0.385 e. The van der Waals surface area contributed by atoms with Crippen LogP contribution in [0.15, 0.2) is 158 Å². The first-order valence-corrected chi connectivity index (χ1v) is 16.2. The molecule has 230 valence electrons. The molecule has 6 aromatic carbocycles. The summed E-state index contributed by atoms with van der Waals surface area (Å²) in [6, 6.07) is 56.3. The SMILES string of the molecule is CCC(C)(C)CNc1ccc(N(c2ccccc2)c2ccc(-c3ccc(N(c4ccccc4)c4cccc(C)c4)cc3)cc2)cc1. The van der Waals surface area contributed by atoms with Crippen molar-refractivity contribution in [2.24, 2.45) is 5.41 Å². The molecule has 6 rings (SSSR count). The van der Waals surface area contributed by atoms with Gasteiger partial charge in [0.2, 0.25) is 0 Å². The van der Waals surface area contributed by atoms with Gasteiger partial charge in [0.1, 0.15) is 0 Å². The molecule has 0 spiro atoms. The summed E-state index contributed by atoms with van der Waals surface area (Å²) in [5, 5.41) is 3.62. The van der Waals surface area contributed by atoms with Crippen molar-refractivity contribution >= 4 is 39.8 Å². The van der Waals surface area contributed by atoms with Crippen LogP contribution in [0.2, 0.25) is 0 Å². The molecule has 0 aliphatic heterocycles. The summed E-state index contributed by atoms with van der Waals surface area (Å²) in [4.78, 5) is 4.62. The molecule has 0 heterocycles. The second-order valence-corrected chi connectivity index (χ2v) is 12.7. The minimum Gasteiger partial charge on any atom is -0.385 e. The molecule has 0 amide bonds. The summed E-state index contributed by atoms with van der Waals surface area (Å²) in [6.45, 7) is 9.93. The summed E-state index contributed by atoms with van der Waals surface area (Å²) in [5.41, 5.74) is 11.8. The number of benzene rings is 6. The van der Waals surface area contributed by atoms with Crippen LogP contribution in [0.3, 0.4) is 0 Å². The third kappa shape index (κ3) is 7.16. The van der Waals surface area contributed by atoms with Crippen molar-refractivity contribution in [1.29, 1.82) is 0 Å². The quantitative estimate of drug-likeness (QED) is 0.159. The van der Waals surface area contributed by atoms with Crippen molar-refractivity contribution in [3.05, 3.63) is 163 Å². The summed E-state index contributed by atoms with van der Waals surface area (Å²) < 4.78 is 0. The van der Waals surface area contributed by atoms with Crippen LogP contribution in [0, 0.1) is 12.3 Å². The molecule has 6 aromatic rings. The second kappa shape index (κ2) is 13.8. The topological polar surface area (TPSA) is 18.5 Å². The molecule has 3 heteroatoms. The molecule has 0 unspecified atom stereocenters. The highest BCUT2D eigenvalue weighted by Crippen LogP contribution is 2.38. The lowest BCUT2D eigenvalue weighted by molar-refractivity contribution is 0.377. The van der Waals surface area contributed by atoms with E-state index in [1.54, 1.807) is 0 Å². The van der Waals surface area contributed by atoms with E-state index in [2.05, 4.69) is 201 Å². The summed E-state index contributed by atoms with van der Waals surface area (Å²) >= 11 is 0. The van der Waals surface area contributed by atoms with Gasteiger partial charge in [0.05, 0.1) is 0 Å². The standard InChI is InChI=1S/C43H43N3/c1-5-43(3,4)32-44-36-23-29-41(30-24-36)45(37-14-8-6-9-15-37)39-25-19-34(20-26-39)35-21-27-40(28-22-35)46(38-16-10-7-11-17-38)42-18-12-13-33(2)31-42/h6-31,44H,5,32H2,1-4H3. The van der Waals surface area contributed by atoms with E-state index >= 15 is 0 Å². The lowest BCUT2D eigenvalue weighted by atomic mass is 9.90. The minimum atomic E-state index is 0.263. The van der Waals surface area contributed by atoms with E-state index < -0.39 is 0 Å². The number of rotatable bonds is 11. The molecule has 0 radical (unpaired) electrons. The maximum Gasteiger partial charge on any atom is 0.0464 e. The Labute approximate surface area is 274 Å². The van der Waals surface area contributed by atoms with Crippen molar-refractivity contribution in [2.45, 2.75) is 34.1 Å². The Morgan fingerprint density at radius 2 is 0.891 bits per heavy atom. The first-order chi connectivity index (χ1) is 22.4. The molecule has 0 saturated carbocycles. The fraction of sp³-hybridized carbons (Fsp3) is 0.163. The van der Waals surface area contributed by atoms with E-state index in [9.17, 15) is 0 Å². The number of para-hydroxylation sites is 2. The van der Waals surface area contributed by atoms with Crippen LogP contribution in [0.4, 0.5) is 39.8 Å². The van der Waals surface area contributed by atoms with Gasteiger partial charge in [0.15, 0.2) is 0 Å². The van der Waals surface area contributed by atoms with Crippen LogP contribution in [-0.2, 0) is 0 Å². The lowest BCUT2D eigenvalue weighted by Gasteiger charge is -2.27. The van der Waals surface area contributed by atoms with Gasteiger partial charge in [-0.1, -0.05) is 93.6 Å². The van der Waals surface area contributed by atoms with Crippen molar-refractivity contribution in [3.63, 3.8) is 0 Å². The highest BCUT2D eigenvalue weighted by Gasteiger charge is 2.16. The number of nitrogens with one attached hydrogen (secondary N) is 1. The van der Waals surface area contributed by atoms with Gasteiger partial charge in [-0.3, -0.25) is 0 Å². The molecule has 0 aliphatic rings. The smallest absolute Gasteiger partial charge is 0.0464 e. The third-order valence-electron chi connectivity index (χ3n) is 8.73. The Bertz CT molecular complexity index is 1830. The Kier molecular flexibility index (Phi) is 9.21. The highest BCUT2D eigenvalue weighted by molar-refractivity contribution is 5.81. The van der Waals surface area contributed by atoms with Gasteiger partial charge in [-0.05, 0) is 120 Å². The van der Waals surface area contributed by atoms with E-state index in [4.69, 9.17) is 0 Å². The highest BCUT2D eigenvalue weighted by atomic mass is 15.1. The molecule has 3 nitrogen and oxygen atoms in total. The Hall–Kier alpha value is -5.28. The van der Waals surface area contributed by atoms with Gasteiger partial charge in [-0.15, -0.1) is 0 Å². The molecule has 0 aromatic heterocycles. The molecule has 0 atom stereocenters. The van der Waals surface area contributed by atoms with Crippen LogP contribution in [0.5, 0.6) is 0 Å². The van der Waals surface area contributed by atoms with Gasteiger partial charge in [-0.2, -0.15) is 0 Å². The zero-order chi connectivity index (χ0) is 31.9. The number of anilines is 7. The van der Waals surface area contributed by atoms with Gasteiger partial charge in [0, 0.05) is 46.4 Å². The predicted molar refractivity (Wildman–Crippen MR) is 199 cm³/mol. The Morgan fingerprint density at radius 1 is 0.478 bits per heavy atom. The van der Waals surface area contributed by atoms with Crippen molar-refractivity contribution in [2.75, 3.05) is 21.7 Å². The predicted octanol–water partition coefficient (Wildman–Crippen LogP) is 12.4. The van der Waals surface area contributed by atoms with Crippen LogP contribution in [0.1, 0.15) is 32.8 Å². The van der Waals surface area contributed by atoms with Crippen LogP contribution in [-0.4, -0.2) is 6.54 Å². The fourth-order valence-corrected chi connectivity index (χ4v) is 5.62. The zero-order valence-electron chi connectivity index (χ0n) is 27.3. The fourth-order valence-electron chi connectivity index (χ4n) is 5.62. The Balaban J connectivity index is 1.26. The number of hydrogen-bond acceptors (Lipinski definition) is 3. The van der Waals surface area contributed by atoms with Crippen molar-refractivity contribution in [1.82, 2.24) is 0 Å². The van der Waals surface area contributed by atoms with Crippen molar-refractivity contribution in [3.8, 4) is 11.1 Å². The summed E-state index contributed by atoms with van der Waals surface area (Å²) in [7, 11) is 0. The molecule has 0 fully saturated rings. The van der Waals surface area contributed by atoms with E-state index in [-0.39, 0.29) is 5.41 Å². The van der Waals surface area contributed by atoms with Gasteiger partial charge in [-0.25, -0.2) is 0 Å². The first kappa shape index (κ1) is 30.7. The molecular formula is C43H43N3. The normalized spacial score (nSPS) is 11.2. The average molecular weight is 602 g/mol. The van der Waals surface area contributed by atoms with Gasteiger partial charge >= 0.3 is 0 Å². The van der Waals surface area contributed by atoms with Gasteiger partial charge < -0.3 is 15.1 Å². The molecule has 0 aliphatic carbocycles. The summed E-state index contributed by atoms with van der Waals surface area (Å²) in [5.74, 6) is 0. The molecular weight excluding hydrogens is 558 g/mol. The average Bonchev–Trinajstić information content (AvgIpc) is 3.10. The maximum absolute atomic E-state index is 3.62. The lowest BCUT2D eigenvalue weighted by Crippen LogP contribution is -2.21. The van der Waals surface area contributed by atoms with E-state index in [1.807, 2.05) is 0 Å². The van der Waals surface area contributed by atoms with Crippen LogP contribution < -0.4 is 15.1 Å². The Morgan fingerprint density at radius 3 is 1.35 bits per heavy atom. The monoisotopic (exact) mass is 601 g/mol. The number of hydrogen-bond donors (Lipinski definition) is 1. The third-order valence-corrected chi connectivity index (χ3v) is 8.73. The van der Waals surface area contributed by atoms with Crippen molar-refractivity contribution < 1.29 is 0 Å². The zero-order valence-corrected chi connectivity index (χ0v) is 27.3. The second-order valence-electron chi connectivity index (χ2n) is 12.7. The van der Waals surface area contributed by atoms with E-state index in [0.717, 1.165) is 52.8 Å². The van der Waals surface area contributed by atoms with Crippen LogP contribution >= 0.6 is 0 Å². The maximum atomic E-state index is 3.62. The first-order valence-electron chi connectivity index (χ1n) is 16.2. The van der Waals surface area contributed by atoms with Crippen LogP contribution in [0.25, 0.3) is 11.1 Å². The molecule has 46 heavy (non-hydrogen) atoms. The van der Waals surface area contributed by atoms with E-state index in [1.165, 1.54) is 16.7 Å². The number of aryl methyl sites for hydroxylation is 1. The molecule has 1 N–H and O–H groups in total. The summed E-state index contributed by atoms with van der Waals surface area (Å²) in [6.07, 6.45) is 1.14. The minimum absolute atomic E-state index is 0.263. The molecule has 0 saturated heterocycles. The van der Waals surface area contributed by atoms with E-state index in [0.29, 0.717) is 0 Å². The number of nitrogens with zero attached hydrogens (tertiary/aromatic N) is 2.